The molecular weight excluding hydrogens is 292 g/mol. The van der Waals surface area contributed by atoms with Gasteiger partial charge in [0.05, 0.1) is 11.0 Å². The van der Waals surface area contributed by atoms with E-state index in [1.165, 1.54) is 23.4 Å². The number of nitrogens with one attached hydrogen (secondary N) is 1. The van der Waals surface area contributed by atoms with E-state index in [-0.39, 0.29) is 23.3 Å². The number of carbonyl (C=O) groups excluding carboxylic acids is 1. The van der Waals surface area contributed by atoms with Crippen LogP contribution in [0.1, 0.15) is 20.3 Å². The molecule has 0 aromatic heterocycles. The number of benzene rings is 1. The fraction of sp³-hybridized carbons (Fsp3) is 0.500. The van der Waals surface area contributed by atoms with Gasteiger partial charge in [-0.3, -0.25) is 4.79 Å². The average molecular weight is 312 g/mol. The molecule has 1 fully saturated rings. The maximum absolute atomic E-state index is 12.5. The van der Waals surface area contributed by atoms with E-state index in [1.807, 2.05) is 6.92 Å². The highest BCUT2D eigenvalue weighted by Crippen LogP contribution is 2.24. The van der Waals surface area contributed by atoms with Gasteiger partial charge in [0.2, 0.25) is 15.9 Å². The number of piperidine rings is 1. The van der Waals surface area contributed by atoms with Crippen molar-refractivity contribution in [3.8, 4) is 0 Å². The molecule has 1 aromatic carbocycles. The Hall–Kier alpha value is -1.44. The fourth-order valence-corrected chi connectivity index (χ4v) is 3.77. The van der Waals surface area contributed by atoms with Gasteiger partial charge in [-0.25, -0.2) is 8.42 Å². The normalized spacial score (nSPS) is 23.8. The van der Waals surface area contributed by atoms with E-state index in [9.17, 15) is 18.3 Å². The first-order valence-electron chi connectivity index (χ1n) is 6.86. The maximum atomic E-state index is 12.5. The second-order valence-electron chi connectivity index (χ2n) is 5.40. The molecular formula is C14H20N2O4S. The standard InChI is InChI=1S/C14H20N2O4S/c1-10-7-8-16(9-14(10)18)21(19,20)13-5-3-12(4-6-13)15-11(2)17/h3-6,10,14,18H,7-9H2,1-2H3,(H,15,17). The van der Waals surface area contributed by atoms with Gasteiger partial charge in [0, 0.05) is 25.7 Å². The summed E-state index contributed by atoms with van der Waals surface area (Å²) in [5, 5.41) is 12.4. The highest BCUT2D eigenvalue weighted by atomic mass is 32.2. The Morgan fingerprint density at radius 1 is 1.33 bits per heavy atom. The summed E-state index contributed by atoms with van der Waals surface area (Å²) in [4.78, 5) is 11.1. The lowest BCUT2D eigenvalue weighted by molar-refractivity contribution is -0.114. The van der Waals surface area contributed by atoms with Crippen LogP contribution < -0.4 is 5.32 Å². The van der Waals surface area contributed by atoms with Crippen LogP contribution in [0.5, 0.6) is 0 Å². The van der Waals surface area contributed by atoms with Gasteiger partial charge in [0.1, 0.15) is 0 Å². The van der Waals surface area contributed by atoms with Crippen molar-refractivity contribution in [1.29, 1.82) is 0 Å². The SMILES string of the molecule is CC(=O)Nc1ccc(S(=O)(=O)N2CCC(C)C(O)C2)cc1. The Balaban J connectivity index is 2.18. The molecule has 2 unspecified atom stereocenters. The molecule has 1 amide bonds. The first-order chi connectivity index (χ1) is 9.80. The minimum atomic E-state index is -3.60. The second kappa shape index (κ2) is 6.13. The summed E-state index contributed by atoms with van der Waals surface area (Å²) in [5.41, 5.74) is 0.550. The molecule has 0 saturated carbocycles. The Labute approximate surface area is 124 Å². The first-order valence-corrected chi connectivity index (χ1v) is 8.30. The number of carbonyl (C=O) groups is 1. The average Bonchev–Trinajstić information content (AvgIpc) is 2.41. The Morgan fingerprint density at radius 2 is 1.95 bits per heavy atom. The van der Waals surface area contributed by atoms with Crippen LogP contribution in [0, 0.1) is 5.92 Å². The predicted octanol–water partition coefficient (Wildman–Crippen LogP) is 1.04. The lowest BCUT2D eigenvalue weighted by Gasteiger charge is -2.33. The summed E-state index contributed by atoms with van der Waals surface area (Å²) in [6.07, 6.45) is 0.0110. The van der Waals surface area contributed by atoms with Crippen molar-refractivity contribution < 1.29 is 18.3 Å². The van der Waals surface area contributed by atoms with Crippen LogP contribution in [0.2, 0.25) is 0 Å². The van der Waals surface area contributed by atoms with Crippen LogP contribution in [-0.4, -0.2) is 42.9 Å². The quantitative estimate of drug-likeness (QED) is 0.873. The molecule has 1 aliphatic heterocycles. The summed E-state index contributed by atoms with van der Waals surface area (Å²) in [5.74, 6) is -0.0997. The zero-order chi connectivity index (χ0) is 15.6. The van der Waals surface area contributed by atoms with Crippen LogP contribution in [-0.2, 0) is 14.8 Å². The van der Waals surface area contributed by atoms with E-state index < -0.39 is 16.1 Å². The molecule has 21 heavy (non-hydrogen) atoms. The van der Waals surface area contributed by atoms with Crippen LogP contribution in [0.4, 0.5) is 5.69 Å². The molecule has 0 radical (unpaired) electrons. The van der Waals surface area contributed by atoms with Crippen molar-refractivity contribution in [2.24, 2.45) is 5.92 Å². The summed E-state index contributed by atoms with van der Waals surface area (Å²) >= 11 is 0. The van der Waals surface area contributed by atoms with Crippen molar-refractivity contribution in [3.63, 3.8) is 0 Å². The molecule has 6 nitrogen and oxygen atoms in total. The van der Waals surface area contributed by atoms with Gasteiger partial charge in [-0.1, -0.05) is 6.92 Å². The van der Waals surface area contributed by atoms with E-state index in [0.29, 0.717) is 18.7 Å². The second-order valence-corrected chi connectivity index (χ2v) is 7.34. The number of amides is 1. The highest BCUT2D eigenvalue weighted by Gasteiger charge is 2.32. The van der Waals surface area contributed by atoms with Crippen molar-refractivity contribution in [1.82, 2.24) is 4.31 Å². The first kappa shape index (κ1) is 15.9. The summed E-state index contributed by atoms with van der Waals surface area (Å²) < 4.78 is 26.3. The van der Waals surface area contributed by atoms with Crippen molar-refractivity contribution in [2.45, 2.75) is 31.3 Å². The molecule has 116 valence electrons. The number of aliphatic hydroxyl groups is 1. The zero-order valence-electron chi connectivity index (χ0n) is 12.1. The molecule has 1 aromatic rings. The van der Waals surface area contributed by atoms with Crippen molar-refractivity contribution in [3.05, 3.63) is 24.3 Å². The third-order valence-electron chi connectivity index (χ3n) is 3.69. The van der Waals surface area contributed by atoms with Gasteiger partial charge >= 0.3 is 0 Å². The van der Waals surface area contributed by atoms with Gasteiger partial charge in [-0.05, 0) is 36.6 Å². The lowest BCUT2D eigenvalue weighted by atomic mass is 9.98. The topological polar surface area (TPSA) is 86.7 Å². The number of aliphatic hydroxyl groups excluding tert-OH is 1. The zero-order valence-corrected chi connectivity index (χ0v) is 12.9. The molecule has 0 aliphatic carbocycles. The Kier molecular flexibility index (Phi) is 4.65. The largest absolute Gasteiger partial charge is 0.391 e. The van der Waals surface area contributed by atoms with Crippen LogP contribution in [0.3, 0.4) is 0 Å². The number of rotatable bonds is 3. The summed E-state index contributed by atoms with van der Waals surface area (Å²) in [6.45, 7) is 3.84. The van der Waals surface area contributed by atoms with Gasteiger partial charge in [0.25, 0.3) is 0 Å². The molecule has 2 atom stereocenters. The number of anilines is 1. The third-order valence-corrected chi connectivity index (χ3v) is 5.57. The molecule has 0 spiro atoms. The third kappa shape index (κ3) is 3.61. The minimum Gasteiger partial charge on any atom is -0.391 e. The number of β-amino-alcohol motifs (C(OH)–C–C–N with tert-alkyl or cyclic N) is 1. The van der Waals surface area contributed by atoms with Gasteiger partial charge in [-0.2, -0.15) is 4.31 Å². The van der Waals surface area contributed by atoms with E-state index in [0.717, 1.165) is 0 Å². The summed E-state index contributed by atoms with van der Waals surface area (Å²) in [7, 11) is -3.60. The van der Waals surface area contributed by atoms with Gasteiger partial charge in [-0.15, -0.1) is 0 Å². The predicted molar refractivity (Wildman–Crippen MR) is 79.3 cm³/mol. The molecule has 7 heteroatoms. The van der Waals surface area contributed by atoms with Crippen LogP contribution >= 0.6 is 0 Å². The molecule has 1 heterocycles. The summed E-state index contributed by atoms with van der Waals surface area (Å²) in [6, 6.07) is 6.03. The van der Waals surface area contributed by atoms with Crippen molar-refractivity contribution in [2.75, 3.05) is 18.4 Å². The van der Waals surface area contributed by atoms with E-state index in [1.54, 1.807) is 12.1 Å². The number of sulfonamides is 1. The number of hydrogen-bond acceptors (Lipinski definition) is 4. The van der Waals surface area contributed by atoms with Gasteiger partial charge in [0.15, 0.2) is 0 Å². The number of nitrogens with zero attached hydrogens (tertiary/aromatic N) is 1. The Morgan fingerprint density at radius 3 is 2.48 bits per heavy atom. The number of hydrogen-bond donors (Lipinski definition) is 2. The molecule has 1 aliphatic rings. The monoisotopic (exact) mass is 312 g/mol. The van der Waals surface area contributed by atoms with Crippen LogP contribution in [0.25, 0.3) is 0 Å². The molecule has 2 rings (SSSR count). The minimum absolute atomic E-state index is 0.110. The van der Waals surface area contributed by atoms with Crippen LogP contribution in [0.15, 0.2) is 29.2 Å². The Bertz CT molecular complexity index is 612. The highest BCUT2D eigenvalue weighted by molar-refractivity contribution is 7.89. The fourth-order valence-electron chi connectivity index (χ4n) is 2.30. The molecule has 2 N–H and O–H groups in total. The van der Waals surface area contributed by atoms with E-state index in [2.05, 4.69) is 5.32 Å². The lowest BCUT2D eigenvalue weighted by Crippen LogP contribution is -2.45. The molecule has 1 saturated heterocycles. The smallest absolute Gasteiger partial charge is 0.243 e. The molecule has 0 bridgehead atoms. The van der Waals surface area contributed by atoms with Crippen molar-refractivity contribution >= 4 is 21.6 Å². The van der Waals surface area contributed by atoms with E-state index in [4.69, 9.17) is 0 Å². The van der Waals surface area contributed by atoms with E-state index >= 15 is 0 Å². The maximum Gasteiger partial charge on any atom is 0.243 e. The van der Waals surface area contributed by atoms with Gasteiger partial charge < -0.3 is 10.4 Å².